The van der Waals surface area contributed by atoms with E-state index >= 15 is 0 Å². The lowest BCUT2D eigenvalue weighted by Crippen LogP contribution is -2.29. The molecular weight excluding hydrogens is 304 g/mol. The van der Waals surface area contributed by atoms with Crippen LogP contribution >= 0.6 is 0 Å². The van der Waals surface area contributed by atoms with Gasteiger partial charge in [-0.2, -0.15) is 0 Å². The molecule has 0 bridgehead atoms. The van der Waals surface area contributed by atoms with Crippen molar-refractivity contribution in [2.45, 2.75) is 19.4 Å². The molecule has 4 rings (SSSR count). The van der Waals surface area contributed by atoms with Crippen LogP contribution in [0.2, 0.25) is 0 Å². The van der Waals surface area contributed by atoms with Crippen LogP contribution in [-0.2, 0) is 16.1 Å². The van der Waals surface area contributed by atoms with Gasteiger partial charge in [-0.05, 0) is 18.2 Å². The Kier molecular flexibility index (Phi) is 3.65. The molecule has 2 aliphatic heterocycles. The summed E-state index contributed by atoms with van der Waals surface area (Å²) >= 11 is 0. The number of carbonyl (C=O) groups is 2. The molecule has 1 aromatic carbocycles. The maximum Gasteiger partial charge on any atom is 0.234 e. The normalized spacial score (nSPS) is 17.5. The van der Waals surface area contributed by atoms with E-state index in [0.29, 0.717) is 12.2 Å². The van der Waals surface area contributed by atoms with Crippen molar-refractivity contribution < 1.29 is 9.59 Å². The largest absolute Gasteiger partial charge is 0.368 e. The lowest BCUT2D eigenvalue weighted by atomic mass is 10.2. The Morgan fingerprint density at radius 3 is 2.50 bits per heavy atom. The molecule has 0 radical (unpaired) electrons. The molecule has 2 amide bonds. The van der Waals surface area contributed by atoms with Crippen molar-refractivity contribution in [2.75, 3.05) is 28.2 Å². The lowest BCUT2D eigenvalue weighted by Gasteiger charge is -2.23. The second kappa shape index (κ2) is 5.96. The summed E-state index contributed by atoms with van der Waals surface area (Å²) in [6.07, 6.45) is 2.17. The van der Waals surface area contributed by atoms with Crippen LogP contribution in [0.3, 0.4) is 0 Å². The summed E-state index contributed by atoms with van der Waals surface area (Å²) in [4.78, 5) is 31.9. The Balaban J connectivity index is 1.67. The fourth-order valence-electron chi connectivity index (χ4n) is 3.22. The first-order chi connectivity index (χ1) is 11.7. The van der Waals surface area contributed by atoms with E-state index in [4.69, 9.17) is 0 Å². The van der Waals surface area contributed by atoms with Gasteiger partial charge in [-0.15, -0.1) is 0 Å². The molecule has 1 aromatic heterocycles. The number of rotatable bonds is 2. The number of hydrogen-bond acceptors (Lipinski definition) is 5. The fourth-order valence-corrected chi connectivity index (χ4v) is 3.22. The van der Waals surface area contributed by atoms with Gasteiger partial charge in [-0.1, -0.05) is 18.2 Å². The Morgan fingerprint density at radius 1 is 1.00 bits per heavy atom. The average Bonchev–Trinajstić information content (AvgIpc) is 2.82. The zero-order valence-corrected chi connectivity index (χ0v) is 13.2. The molecule has 3 heterocycles. The number of pyridine rings is 1. The molecule has 1 fully saturated rings. The number of amides is 2. The molecule has 0 aliphatic carbocycles. The van der Waals surface area contributed by atoms with Crippen LogP contribution in [0.15, 0.2) is 42.6 Å². The van der Waals surface area contributed by atoms with Crippen molar-refractivity contribution in [1.29, 1.82) is 0 Å². The minimum atomic E-state index is -0.150. The maximum atomic E-state index is 12.0. The number of benzene rings is 1. The lowest BCUT2D eigenvalue weighted by molar-refractivity contribution is -0.121. The molecule has 24 heavy (non-hydrogen) atoms. The maximum absolute atomic E-state index is 12.0. The minimum absolute atomic E-state index is 0.150. The third-order valence-electron chi connectivity index (χ3n) is 4.42. The fraction of sp³-hybridized carbons (Fsp3) is 0.278. The standard InChI is InChI=1S/C18H18N4O2/c23-16-6-7-17(24)22(16)15-10-13-12-21(14-4-2-1-3-5-14)9-8-19-18(13)20-11-15/h1-5,10-11H,6-9,12H2,(H,19,20). The highest BCUT2D eigenvalue weighted by atomic mass is 16.2. The van der Waals surface area contributed by atoms with Crippen LogP contribution in [0.1, 0.15) is 18.4 Å². The van der Waals surface area contributed by atoms with Crippen molar-refractivity contribution in [3.05, 3.63) is 48.2 Å². The quantitative estimate of drug-likeness (QED) is 0.859. The van der Waals surface area contributed by atoms with Crippen LogP contribution in [-0.4, -0.2) is 29.9 Å². The van der Waals surface area contributed by atoms with Gasteiger partial charge in [-0.3, -0.25) is 9.59 Å². The van der Waals surface area contributed by atoms with Gasteiger partial charge >= 0.3 is 0 Å². The first-order valence-corrected chi connectivity index (χ1v) is 8.11. The van der Waals surface area contributed by atoms with Gasteiger partial charge in [0.1, 0.15) is 5.82 Å². The number of hydrogen-bond donors (Lipinski definition) is 1. The third-order valence-corrected chi connectivity index (χ3v) is 4.42. The van der Waals surface area contributed by atoms with Crippen molar-refractivity contribution in [3.8, 4) is 0 Å². The summed E-state index contributed by atoms with van der Waals surface area (Å²) in [6, 6.07) is 12.1. The number of fused-ring (bicyclic) bond motifs is 1. The number of nitrogens with zero attached hydrogens (tertiary/aromatic N) is 3. The molecule has 0 saturated carbocycles. The SMILES string of the molecule is O=C1CCC(=O)N1c1cnc2c(c1)CN(c1ccccc1)CCN2. The first kappa shape index (κ1) is 14.7. The highest BCUT2D eigenvalue weighted by Crippen LogP contribution is 2.28. The van der Waals surface area contributed by atoms with E-state index in [1.807, 2.05) is 24.3 Å². The second-order valence-corrected chi connectivity index (χ2v) is 6.01. The smallest absolute Gasteiger partial charge is 0.234 e. The summed E-state index contributed by atoms with van der Waals surface area (Å²) in [5.74, 6) is 0.516. The molecule has 122 valence electrons. The zero-order chi connectivity index (χ0) is 16.5. The van der Waals surface area contributed by atoms with E-state index in [2.05, 4.69) is 27.3 Å². The van der Waals surface area contributed by atoms with Gasteiger partial charge in [0, 0.05) is 43.7 Å². The highest BCUT2D eigenvalue weighted by molar-refractivity contribution is 6.19. The molecule has 6 nitrogen and oxygen atoms in total. The van der Waals surface area contributed by atoms with E-state index < -0.39 is 0 Å². The van der Waals surface area contributed by atoms with E-state index in [1.165, 1.54) is 4.90 Å². The Bertz CT molecular complexity index is 775. The molecule has 2 aromatic rings. The number of anilines is 3. The van der Waals surface area contributed by atoms with Gasteiger partial charge in [0.05, 0.1) is 11.9 Å². The van der Waals surface area contributed by atoms with E-state index in [9.17, 15) is 9.59 Å². The third kappa shape index (κ3) is 2.60. The molecule has 6 heteroatoms. The van der Waals surface area contributed by atoms with Crippen LogP contribution in [0.5, 0.6) is 0 Å². The average molecular weight is 322 g/mol. The van der Waals surface area contributed by atoms with Crippen LogP contribution in [0.25, 0.3) is 0 Å². The predicted octanol–water partition coefficient (Wildman–Crippen LogP) is 2.17. The number of carbonyl (C=O) groups excluding carboxylic acids is 2. The van der Waals surface area contributed by atoms with Gasteiger partial charge < -0.3 is 10.2 Å². The summed E-state index contributed by atoms with van der Waals surface area (Å²) in [5.41, 5.74) is 2.70. The van der Waals surface area contributed by atoms with Crippen LogP contribution in [0.4, 0.5) is 17.2 Å². The highest BCUT2D eigenvalue weighted by Gasteiger charge is 2.31. The zero-order valence-electron chi connectivity index (χ0n) is 13.2. The van der Waals surface area contributed by atoms with Gasteiger partial charge in [0.25, 0.3) is 0 Å². The number of aromatic nitrogens is 1. The topological polar surface area (TPSA) is 65.5 Å². The van der Waals surface area contributed by atoms with Crippen LogP contribution < -0.4 is 15.1 Å². The molecule has 0 spiro atoms. The number of imide groups is 1. The van der Waals surface area contributed by atoms with Crippen molar-refractivity contribution in [2.24, 2.45) is 0 Å². The summed E-state index contributed by atoms with van der Waals surface area (Å²) in [6.45, 7) is 2.33. The van der Waals surface area contributed by atoms with E-state index in [0.717, 1.165) is 30.2 Å². The van der Waals surface area contributed by atoms with Gasteiger partial charge in [-0.25, -0.2) is 9.88 Å². The molecule has 0 atom stereocenters. The Hall–Kier alpha value is -2.89. The first-order valence-electron chi connectivity index (χ1n) is 8.11. The van der Waals surface area contributed by atoms with Gasteiger partial charge in [0.2, 0.25) is 11.8 Å². The minimum Gasteiger partial charge on any atom is -0.368 e. The van der Waals surface area contributed by atoms with E-state index in [1.54, 1.807) is 6.20 Å². The summed E-state index contributed by atoms with van der Waals surface area (Å²) < 4.78 is 0. The summed E-state index contributed by atoms with van der Waals surface area (Å²) in [7, 11) is 0. The van der Waals surface area contributed by atoms with Crippen molar-refractivity contribution in [1.82, 2.24) is 4.98 Å². The van der Waals surface area contributed by atoms with Gasteiger partial charge in [0.15, 0.2) is 0 Å². The second-order valence-electron chi connectivity index (χ2n) is 6.01. The molecular formula is C18H18N4O2. The summed E-state index contributed by atoms with van der Waals surface area (Å²) in [5, 5.41) is 3.32. The van der Waals surface area contributed by atoms with E-state index in [-0.39, 0.29) is 24.7 Å². The molecule has 2 aliphatic rings. The van der Waals surface area contributed by atoms with Crippen molar-refractivity contribution in [3.63, 3.8) is 0 Å². The Labute approximate surface area is 140 Å². The molecule has 1 N–H and O–H groups in total. The number of para-hydroxylation sites is 1. The number of nitrogens with one attached hydrogen (secondary N) is 1. The molecule has 0 unspecified atom stereocenters. The Morgan fingerprint density at radius 2 is 1.75 bits per heavy atom. The monoisotopic (exact) mass is 322 g/mol. The van der Waals surface area contributed by atoms with Crippen molar-refractivity contribution >= 4 is 29.0 Å². The van der Waals surface area contributed by atoms with Crippen LogP contribution in [0, 0.1) is 0 Å². The molecule has 1 saturated heterocycles. The predicted molar refractivity (Wildman–Crippen MR) is 91.9 cm³/mol.